The van der Waals surface area contributed by atoms with Gasteiger partial charge in [-0.1, -0.05) is 12.1 Å². The fraction of sp³-hybridized carbons (Fsp3) is 0.250. The molecule has 0 bridgehead atoms. The normalized spacial score (nSPS) is 11.9. The third-order valence-corrected chi connectivity index (χ3v) is 6.49. The van der Waals surface area contributed by atoms with Gasteiger partial charge in [-0.2, -0.15) is 0 Å². The molecule has 0 fully saturated rings. The summed E-state index contributed by atoms with van der Waals surface area (Å²) in [7, 11) is -6.46. The van der Waals surface area contributed by atoms with E-state index in [9.17, 15) is 26.9 Å². The summed E-state index contributed by atoms with van der Waals surface area (Å²) in [6.45, 7) is 0.608. The number of nitro benzene ring substituents is 1. The molecule has 2 rings (SSSR count). The highest BCUT2D eigenvalue weighted by molar-refractivity contribution is 7.93. The molecule has 0 unspecified atom stereocenters. The molecule has 0 amide bonds. The summed E-state index contributed by atoms with van der Waals surface area (Å²) >= 11 is 0. The number of ether oxygens (including phenoxy) is 1. The summed E-state index contributed by atoms with van der Waals surface area (Å²) < 4.78 is 58.7. The molecular weight excluding hydrogens is 410 g/mol. The molecule has 12 heteroatoms. The molecule has 10 nitrogen and oxygen atoms in total. The van der Waals surface area contributed by atoms with Crippen LogP contribution in [0, 0.1) is 10.1 Å². The Balaban J connectivity index is 2.17. The second kappa shape index (κ2) is 9.10. The van der Waals surface area contributed by atoms with E-state index in [1.165, 1.54) is 43.5 Å². The molecule has 0 spiro atoms. The fourth-order valence-electron chi connectivity index (χ4n) is 2.25. The van der Waals surface area contributed by atoms with Crippen LogP contribution < -0.4 is 9.44 Å². The Morgan fingerprint density at radius 3 is 2.25 bits per heavy atom. The minimum atomic E-state index is -4.23. The first-order chi connectivity index (χ1) is 13.2. The van der Waals surface area contributed by atoms with Crippen molar-refractivity contribution < 1.29 is 26.5 Å². The first-order valence-corrected chi connectivity index (χ1v) is 11.0. The molecule has 152 valence electrons. The van der Waals surface area contributed by atoms with Crippen molar-refractivity contribution in [2.45, 2.75) is 16.2 Å². The Kier molecular flexibility index (Phi) is 7.07. The van der Waals surface area contributed by atoms with Crippen LogP contribution in [0.3, 0.4) is 0 Å². The minimum absolute atomic E-state index is 0.0430. The molecule has 0 saturated carbocycles. The average Bonchev–Trinajstić information content (AvgIpc) is 2.65. The number of hydrogen-bond acceptors (Lipinski definition) is 7. The lowest BCUT2D eigenvalue weighted by atomic mass is 10.3. The van der Waals surface area contributed by atoms with Gasteiger partial charge in [-0.25, -0.2) is 21.6 Å². The standard InChI is InChI=1S/C16H19N3O7S2/c1-26-12-4-11-17-27(22,23)14-9-7-13(8-10-14)18-28(24,25)16-6-3-2-5-15(16)19(20)21/h2-3,5-10,17-18H,4,11-12H2,1H3. The number of benzene rings is 2. The van der Waals surface area contributed by atoms with Gasteiger partial charge in [0.05, 0.1) is 9.82 Å². The molecule has 0 atom stereocenters. The van der Waals surface area contributed by atoms with Crippen LogP contribution in [0.2, 0.25) is 0 Å². The molecule has 0 aliphatic rings. The van der Waals surface area contributed by atoms with Crippen LogP contribution >= 0.6 is 0 Å². The van der Waals surface area contributed by atoms with Gasteiger partial charge in [0.1, 0.15) is 0 Å². The molecule has 0 aliphatic carbocycles. The van der Waals surface area contributed by atoms with Crippen molar-refractivity contribution in [1.82, 2.24) is 4.72 Å². The fourth-order valence-corrected chi connectivity index (χ4v) is 4.56. The average molecular weight is 429 g/mol. The van der Waals surface area contributed by atoms with Gasteiger partial charge in [-0.05, 0) is 36.8 Å². The summed E-state index contributed by atoms with van der Waals surface area (Å²) in [5.74, 6) is 0. The van der Waals surface area contributed by atoms with Gasteiger partial charge in [0.15, 0.2) is 4.90 Å². The summed E-state index contributed by atoms with van der Waals surface area (Å²) in [5, 5.41) is 11.0. The van der Waals surface area contributed by atoms with Gasteiger partial charge in [-0.3, -0.25) is 14.8 Å². The van der Waals surface area contributed by atoms with Crippen molar-refractivity contribution >= 4 is 31.4 Å². The van der Waals surface area contributed by atoms with E-state index in [1.54, 1.807) is 0 Å². The number of rotatable bonds is 10. The Hall–Kier alpha value is -2.54. The van der Waals surface area contributed by atoms with Crippen molar-refractivity contribution in [2.75, 3.05) is 25.0 Å². The van der Waals surface area contributed by atoms with Gasteiger partial charge in [0.25, 0.3) is 15.7 Å². The zero-order valence-electron chi connectivity index (χ0n) is 14.9. The molecule has 0 aromatic heterocycles. The van der Waals surface area contributed by atoms with Crippen LogP contribution in [0.5, 0.6) is 0 Å². The van der Waals surface area contributed by atoms with Gasteiger partial charge >= 0.3 is 0 Å². The zero-order chi connectivity index (χ0) is 20.8. The molecule has 28 heavy (non-hydrogen) atoms. The highest BCUT2D eigenvalue weighted by Gasteiger charge is 2.25. The smallest absolute Gasteiger partial charge is 0.289 e. The summed E-state index contributed by atoms with van der Waals surface area (Å²) in [6.07, 6.45) is 0.503. The van der Waals surface area contributed by atoms with Crippen LogP contribution in [0.4, 0.5) is 11.4 Å². The molecule has 2 aromatic rings. The van der Waals surface area contributed by atoms with Crippen molar-refractivity contribution in [3.8, 4) is 0 Å². The number of para-hydroxylation sites is 1. The van der Waals surface area contributed by atoms with Gasteiger partial charge in [0, 0.05) is 32.0 Å². The predicted octanol–water partition coefficient (Wildman–Crippen LogP) is 1.71. The number of anilines is 1. The van der Waals surface area contributed by atoms with Crippen molar-refractivity contribution in [3.05, 3.63) is 58.6 Å². The highest BCUT2D eigenvalue weighted by atomic mass is 32.2. The summed E-state index contributed by atoms with van der Waals surface area (Å²) in [4.78, 5) is 9.71. The molecule has 0 heterocycles. The van der Waals surface area contributed by atoms with Crippen LogP contribution in [-0.2, 0) is 24.8 Å². The van der Waals surface area contributed by atoms with E-state index in [1.807, 2.05) is 0 Å². The van der Waals surface area contributed by atoms with Crippen molar-refractivity contribution in [1.29, 1.82) is 0 Å². The van der Waals surface area contributed by atoms with Gasteiger partial charge in [-0.15, -0.1) is 0 Å². The molecule has 2 aromatic carbocycles. The first-order valence-electron chi connectivity index (χ1n) is 8.02. The Bertz CT molecular complexity index is 1040. The van der Waals surface area contributed by atoms with Crippen LogP contribution in [0.15, 0.2) is 58.3 Å². The largest absolute Gasteiger partial charge is 0.385 e. The third-order valence-electron chi connectivity index (χ3n) is 3.59. The monoisotopic (exact) mass is 429 g/mol. The minimum Gasteiger partial charge on any atom is -0.385 e. The van der Waals surface area contributed by atoms with E-state index < -0.39 is 35.6 Å². The topological polar surface area (TPSA) is 145 Å². The van der Waals surface area contributed by atoms with E-state index in [0.717, 1.165) is 12.1 Å². The molecule has 0 radical (unpaired) electrons. The Labute approximate surface area is 162 Å². The molecular formula is C16H19N3O7S2. The van der Waals surface area contributed by atoms with Crippen molar-refractivity contribution in [2.24, 2.45) is 0 Å². The lowest BCUT2D eigenvalue weighted by molar-refractivity contribution is -0.387. The second-order valence-electron chi connectivity index (χ2n) is 5.60. The SMILES string of the molecule is COCCCNS(=O)(=O)c1ccc(NS(=O)(=O)c2ccccc2[N+](=O)[O-])cc1. The Morgan fingerprint density at radius 1 is 1.00 bits per heavy atom. The van der Waals surface area contributed by atoms with Crippen LogP contribution in [0.25, 0.3) is 0 Å². The number of nitrogens with one attached hydrogen (secondary N) is 2. The lowest BCUT2D eigenvalue weighted by Crippen LogP contribution is -2.25. The number of nitro groups is 1. The third kappa shape index (κ3) is 5.48. The summed E-state index contributed by atoms with van der Waals surface area (Å²) in [5.41, 5.74) is -0.494. The van der Waals surface area contributed by atoms with Crippen molar-refractivity contribution in [3.63, 3.8) is 0 Å². The van der Waals surface area contributed by atoms with Crippen LogP contribution in [0.1, 0.15) is 6.42 Å². The maximum Gasteiger partial charge on any atom is 0.289 e. The van der Waals surface area contributed by atoms with Gasteiger partial charge in [0.2, 0.25) is 10.0 Å². The quantitative estimate of drug-likeness (QED) is 0.332. The molecule has 2 N–H and O–H groups in total. The van der Waals surface area contributed by atoms with Gasteiger partial charge < -0.3 is 4.74 Å². The van der Waals surface area contributed by atoms with E-state index in [4.69, 9.17) is 4.74 Å². The predicted molar refractivity (Wildman–Crippen MR) is 102 cm³/mol. The van der Waals surface area contributed by atoms with E-state index >= 15 is 0 Å². The summed E-state index contributed by atoms with van der Waals surface area (Å²) in [6, 6.07) is 9.91. The zero-order valence-corrected chi connectivity index (χ0v) is 16.5. The highest BCUT2D eigenvalue weighted by Crippen LogP contribution is 2.25. The number of sulfonamides is 2. The maximum atomic E-state index is 12.5. The van der Waals surface area contributed by atoms with E-state index in [0.29, 0.717) is 13.0 Å². The molecule has 0 saturated heterocycles. The lowest BCUT2D eigenvalue weighted by Gasteiger charge is -2.10. The number of methoxy groups -OCH3 is 1. The number of hydrogen-bond donors (Lipinski definition) is 2. The number of nitrogens with zero attached hydrogens (tertiary/aromatic N) is 1. The first kappa shape index (κ1) is 21.8. The van der Waals surface area contributed by atoms with Crippen LogP contribution in [-0.4, -0.2) is 42.0 Å². The second-order valence-corrected chi connectivity index (χ2v) is 9.02. The maximum absolute atomic E-state index is 12.5. The Morgan fingerprint density at radius 2 is 1.64 bits per heavy atom. The molecule has 0 aliphatic heterocycles. The van der Waals surface area contributed by atoms with E-state index in [-0.39, 0.29) is 17.1 Å². The van der Waals surface area contributed by atoms with E-state index in [2.05, 4.69) is 9.44 Å².